The second-order valence-electron chi connectivity index (χ2n) is 7.94. The number of hydrogen-bond donors (Lipinski definition) is 1. The molecule has 2 rings (SSSR count). The van der Waals surface area contributed by atoms with Gasteiger partial charge >= 0.3 is 6.09 Å². The average Bonchev–Trinajstić information content (AvgIpc) is 2.96. The van der Waals surface area contributed by atoms with Gasteiger partial charge in [-0.15, -0.1) is 0 Å². The predicted octanol–water partition coefficient (Wildman–Crippen LogP) is 1.66. The third-order valence-corrected chi connectivity index (χ3v) is 4.37. The van der Waals surface area contributed by atoms with Gasteiger partial charge in [-0.2, -0.15) is 0 Å². The van der Waals surface area contributed by atoms with E-state index >= 15 is 0 Å². The Morgan fingerprint density at radius 3 is 2.20 bits per heavy atom. The molecule has 0 bridgehead atoms. The summed E-state index contributed by atoms with van der Waals surface area (Å²) in [6.45, 7) is 7.00. The summed E-state index contributed by atoms with van der Waals surface area (Å²) in [4.78, 5) is 39.9. The monoisotopic (exact) mass is 421 g/mol. The highest BCUT2D eigenvalue weighted by Crippen LogP contribution is 2.16. The van der Waals surface area contributed by atoms with Gasteiger partial charge in [0, 0.05) is 26.2 Å². The van der Waals surface area contributed by atoms with E-state index in [1.807, 2.05) is 20.8 Å². The summed E-state index contributed by atoms with van der Waals surface area (Å²) in [5, 5.41) is 2.57. The van der Waals surface area contributed by atoms with Gasteiger partial charge in [0.15, 0.2) is 6.61 Å². The normalized spacial score (nSPS) is 14.5. The minimum absolute atomic E-state index is 0.114. The summed E-state index contributed by atoms with van der Waals surface area (Å²) < 4.78 is 15.8. The van der Waals surface area contributed by atoms with Crippen LogP contribution in [-0.4, -0.2) is 79.7 Å². The first-order valence-corrected chi connectivity index (χ1v) is 9.97. The topological polar surface area (TPSA) is 97.4 Å². The molecule has 1 aliphatic heterocycles. The van der Waals surface area contributed by atoms with Gasteiger partial charge in [0.05, 0.1) is 13.7 Å². The average molecular weight is 421 g/mol. The zero-order valence-corrected chi connectivity index (χ0v) is 18.1. The molecule has 1 aromatic rings. The molecule has 1 N–H and O–H groups in total. The van der Waals surface area contributed by atoms with Crippen LogP contribution in [0.2, 0.25) is 0 Å². The summed E-state index contributed by atoms with van der Waals surface area (Å²) in [6, 6.07) is 6.86. The maximum absolute atomic E-state index is 12.4. The Balaban J connectivity index is 1.72. The number of amides is 3. The molecule has 0 unspecified atom stereocenters. The van der Waals surface area contributed by atoms with Gasteiger partial charge in [0.1, 0.15) is 17.1 Å². The van der Waals surface area contributed by atoms with E-state index in [2.05, 4.69) is 5.32 Å². The van der Waals surface area contributed by atoms with Gasteiger partial charge in [-0.05, 0) is 51.5 Å². The molecule has 1 saturated heterocycles. The Morgan fingerprint density at radius 1 is 0.967 bits per heavy atom. The molecule has 0 aliphatic carbocycles. The third-order valence-electron chi connectivity index (χ3n) is 4.37. The summed E-state index contributed by atoms with van der Waals surface area (Å²) in [5.41, 5.74) is -0.558. The van der Waals surface area contributed by atoms with Crippen molar-refractivity contribution in [3.8, 4) is 11.5 Å². The molecule has 9 nitrogen and oxygen atoms in total. The molecule has 0 aromatic heterocycles. The van der Waals surface area contributed by atoms with E-state index < -0.39 is 5.60 Å². The Bertz CT molecular complexity index is 729. The molecule has 0 saturated carbocycles. The summed E-state index contributed by atoms with van der Waals surface area (Å²) in [6.07, 6.45) is 0.278. The third kappa shape index (κ3) is 7.81. The number of nitrogens with one attached hydrogen (secondary N) is 1. The van der Waals surface area contributed by atoms with Crippen molar-refractivity contribution >= 4 is 17.9 Å². The van der Waals surface area contributed by atoms with Gasteiger partial charge in [0.25, 0.3) is 5.91 Å². The maximum atomic E-state index is 12.4. The summed E-state index contributed by atoms with van der Waals surface area (Å²) >= 11 is 0. The van der Waals surface area contributed by atoms with Crippen molar-refractivity contribution in [3.05, 3.63) is 24.3 Å². The quantitative estimate of drug-likeness (QED) is 0.750. The fraction of sp³-hybridized carbons (Fsp3) is 0.571. The molecule has 1 aliphatic rings. The maximum Gasteiger partial charge on any atom is 0.410 e. The Hall–Kier alpha value is -2.97. The number of methoxy groups -OCH3 is 1. The van der Waals surface area contributed by atoms with Crippen molar-refractivity contribution in [1.29, 1.82) is 0 Å². The van der Waals surface area contributed by atoms with Gasteiger partial charge < -0.3 is 29.3 Å². The molecule has 9 heteroatoms. The number of ether oxygens (including phenoxy) is 3. The molecule has 1 fully saturated rings. The highest BCUT2D eigenvalue weighted by molar-refractivity contribution is 5.85. The first-order valence-electron chi connectivity index (χ1n) is 9.97. The predicted molar refractivity (Wildman–Crippen MR) is 111 cm³/mol. The fourth-order valence-electron chi connectivity index (χ4n) is 2.83. The molecule has 3 amide bonds. The smallest absolute Gasteiger partial charge is 0.410 e. The van der Waals surface area contributed by atoms with E-state index in [0.717, 1.165) is 0 Å². The van der Waals surface area contributed by atoms with E-state index in [1.54, 1.807) is 41.2 Å². The fourth-order valence-corrected chi connectivity index (χ4v) is 2.83. The van der Waals surface area contributed by atoms with Crippen molar-refractivity contribution in [1.82, 2.24) is 15.1 Å². The lowest BCUT2D eigenvalue weighted by molar-refractivity contribution is -0.133. The zero-order chi connectivity index (χ0) is 22.1. The standard InChI is InChI=1S/C21H31N3O6/c1-21(2,3)30-20(27)24-11-5-10-23(12-13-24)19(26)14-22-18(25)15-29-17-8-6-16(28-4)7-9-17/h6-9H,5,10-15H2,1-4H3,(H,22,25). The van der Waals surface area contributed by atoms with Gasteiger partial charge in [0.2, 0.25) is 5.91 Å². The summed E-state index contributed by atoms with van der Waals surface area (Å²) in [7, 11) is 1.57. The zero-order valence-electron chi connectivity index (χ0n) is 18.1. The SMILES string of the molecule is COc1ccc(OCC(=O)NCC(=O)N2CCCN(C(=O)OC(C)(C)C)CC2)cc1. The van der Waals surface area contributed by atoms with E-state index in [1.165, 1.54) is 0 Å². The number of carbonyl (C=O) groups excluding carboxylic acids is 3. The number of nitrogens with zero attached hydrogens (tertiary/aromatic N) is 2. The van der Waals surface area contributed by atoms with Crippen LogP contribution in [0.4, 0.5) is 4.79 Å². The van der Waals surface area contributed by atoms with Gasteiger partial charge in [-0.25, -0.2) is 4.79 Å². The molecule has 0 radical (unpaired) electrons. The van der Waals surface area contributed by atoms with Crippen LogP contribution in [0, 0.1) is 0 Å². The van der Waals surface area contributed by atoms with Gasteiger partial charge in [-0.1, -0.05) is 0 Å². The van der Waals surface area contributed by atoms with Crippen LogP contribution in [0.3, 0.4) is 0 Å². The van der Waals surface area contributed by atoms with Crippen LogP contribution in [0.1, 0.15) is 27.2 Å². The van der Waals surface area contributed by atoms with Crippen LogP contribution in [-0.2, 0) is 14.3 Å². The lowest BCUT2D eigenvalue weighted by atomic mass is 10.2. The van der Waals surface area contributed by atoms with Crippen molar-refractivity contribution < 1.29 is 28.6 Å². The number of hydrogen-bond acceptors (Lipinski definition) is 6. The lowest BCUT2D eigenvalue weighted by Crippen LogP contribution is -2.43. The van der Waals surface area contributed by atoms with Crippen LogP contribution in [0.25, 0.3) is 0 Å². The second-order valence-corrected chi connectivity index (χ2v) is 7.94. The van der Waals surface area contributed by atoms with E-state index in [-0.39, 0.29) is 31.1 Å². The molecular formula is C21H31N3O6. The molecule has 166 valence electrons. The molecule has 1 heterocycles. The number of rotatable bonds is 6. The largest absolute Gasteiger partial charge is 0.497 e. The van der Waals surface area contributed by atoms with Gasteiger partial charge in [-0.3, -0.25) is 9.59 Å². The first-order chi connectivity index (χ1) is 14.2. The van der Waals surface area contributed by atoms with Crippen molar-refractivity contribution in [3.63, 3.8) is 0 Å². The van der Waals surface area contributed by atoms with Crippen molar-refractivity contribution in [2.24, 2.45) is 0 Å². The highest BCUT2D eigenvalue weighted by Gasteiger charge is 2.26. The van der Waals surface area contributed by atoms with Crippen LogP contribution in [0.5, 0.6) is 11.5 Å². The highest BCUT2D eigenvalue weighted by atomic mass is 16.6. The Labute approximate surface area is 177 Å². The summed E-state index contributed by atoms with van der Waals surface area (Å²) in [5.74, 6) is 0.648. The molecule has 0 spiro atoms. The lowest BCUT2D eigenvalue weighted by Gasteiger charge is -2.26. The molecule has 30 heavy (non-hydrogen) atoms. The first kappa shape index (κ1) is 23.3. The Morgan fingerprint density at radius 2 is 1.57 bits per heavy atom. The van der Waals surface area contributed by atoms with E-state index in [0.29, 0.717) is 44.1 Å². The van der Waals surface area contributed by atoms with E-state index in [9.17, 15) is 14.4 Å². The van der Waals surface area contributed by atoms with Crippen molar-refractivity contribution in [2.75, 3.05) is 46.4 Å². The molecule has 1 aromatic carbocycles. The second kappa shape index (κ2) is 10.7. The minimum atomic E-state index is -0.558. The van der Waals surface area contributed by atoms with Crippen LogP contribution in [0.15, 0.2) is 24.3 Å². The van der Waals surface area contributed by atoms with Crippen molar-refractivity contribution in [2.45, 2.75) is 32.8 Å². The van der Waals surface area contributed by atoms with E-state index in [4.69, 9.17) is 14.2 Å². The molecular weight excluding hydrogens is 390 g/mol. The van der Waals surface area contributed by atoms with Crippen LogP contribution < -0.4 is 14.8 Å². The number of carbonyl (C=O) groups is 3. The Kier molecular flexibility index (Phi) is 8.32. The molecule has 0 atom stereocenters. The van der Waals surface area contributed by atoms with Crippen LogP contribution >= 0.6 is 0 Å². The minimum Gasteiger partial charge on any atom is -0.497 e. The number of benzene rings is 1.